The number of sulfonamides is 1. The van der Waals surface area contributed by atoms with Gasteiger partial charge >= 0.3 is 0 Å². The molecule has 5 nitrogen and oxygen atoms in total. The Kier molecular flexibility index (Phi) is 5.85. The summed E-state index contributed by atoms with van der Waals surface area (Å²) in [5, 5.41) is 0.0814. The number of rotatable bonds is 5. The number of nitrogens with zero attached hydrogens (tertiary/aromatic N) is 1. The minimum Gasteiger partial charge on any atom is -0.224 e. The van der Waals surface area contributed by atoms with E-state index < -0.39 is 25.9 Å². The normalized spacial score (nSPS) is 13.8. The summed E-state index contributed by atoms with van der Waals surface area (Å²) in [5.41, 5.74) is 0.640. The third kappa shape index (κ3) is 4.17. The molecule has 0 bridgehead atoms. The first-order chi connectivity index (χ1) is 11.5. The van der Waals surface area contributed by atoms with Crippen molar-refractivity contribution in [2.75, 3.05) is 13.3 Å². The van der Waals surface area contributed by atoms with Gasteiger partial charge in [-0.2, -0.15) is 4.31 Å². The second kappa shape index (κ2) is 7.25. The van der Waals surface area contributed by atoms with Crippen molar-refractivity contribution in [3.05, 3.63) is 58.1 Å². The zero-order valence-corrected chi connectivity index (χ0v) is 16.9. The number of hydrogen-bond acceptors (Lipinski definition) is 4. The van der Waals surface area contributed by atoms with Crippen molar-refractivity contribution in [1.82, 2.24) is 4.31 Å². The minimum absolute atomic E-state index is 0.0407. The molecule has 0 aliphatic carbocycles. The molecular weight excluding hydrogens is 405 g/mol. The van der Waals surface area contributed by atoms with E-state index in [1.54, 1.807) is 25.1 Å². The molecule has 2 aromatic rings. The van der Waals surface area contributed by atoms with Crippen molar-refractivity contribution in [1.29, 1.82) is 0 Å². The summed E-state index contributed by atoms with van der Waals surface area (Å²) in [6.07, 6.45) is 1.11. The van der Waals surface area contributed by atoms with Crippen molar-refractivity contribution in [2.45, 2.75) is 22.8 Å². The van der Waals surface area contributed by atoms with Crippen LogP contribution in [0.3, 0.4) is 0 Å². The fourth-order valence-corrected chi connectivity index (χ4v) is 5.35. The van der Waals surface area contributed by atoms with E-state index in [-0.39, 0.29) is 19.8 Å². The highest BCUT2D eigenvalue weighted by molar-refractivity contribution is 7.90. The Hall–Kier alpha value is -1.12. The summed E-state index contributed by atoms with van der Waals surface area (Å²) in [5.74, 6) is 0. The molecule has 25 heavy (non-hydrogen) atoms. The summed E-state index contributed by atoms with van der Waals surface area (Å²) < 4.78 is 50.0. The second-order valence-electron chi connectivity index (χ2n) is 5.59. The first kappa shape index (κ1) is 20.2. The van der Waals surface area contributed by atoms with Crippen LogP contribution in [-0.2, 0) is 19.9 Å². The molecule has 2 rings (SSSR count). The lowest BCUT2D eigenvalue weighted by Crippen LogP contribution is -2.30. The molecule has 0 spiro atoms. The van der Waals surface area contributed by atoms with Gasteiger partial charge in [0.2, 0.25) is 10.0 Å². The van der Waals surface area contributed by atoms with Crippen molar-refractivity contribution in [2.24, 2.45) is 0 Å². The SMILES string of the molecule is C[C@H](c1ccc(S(C)(=O)=O)cc1)N(C)S(=O)(=O)c1c(Cl)cccc1Cl. The molecule has 0 unspecified atom stereocenters. The quantitative estimate of drug-likeness (QED) is 0.735. The van der Waals surface area contributed by atoms with Gasteiger partial charge in [-0.1, -0.05) is 41.4 Å². The van der Waals surface area contributed by atoms with Crippen LogP contribution in [-0.4, -0.2) is 34.4 Å². The van der Waals surface area contributed by atoms with E-state index >= 15 is 0 Å². The Labute approximate surface area is 158 Å². The van der Waals surface area contributed by atoms with Gasteiger partial charge in [-0.3, -0.25) is 0 Å². The number of hydrogen-bond donors (Lipinski definition) is 0. The number of sulfone groups is 1. The maximum Gasteiger partial charge on any atom is 0.246 e. The van der Waals surface area contributed by atoms with Gasteiger partial charge in [0, 0.05) is 19.3 Å². The predicted octanol–water partition coefficient (Wildman–Crippen LogP) is 3.78. The zero-order chi connectivity index (χ0) is 19.0. The lowest BCUT2D eigenvalue weighted by Gasteiger charge is -2.25. The molecule has 0 saturated heterocycles. The molecule has 0 N–H and O–H groups in total. The molecular formula is C16H17Cl2NO4S2. The third-order valence-corrected chi connectivity index (χ3v) is 7.90. The average molecular weight is 422 g/mol. The molecule has 9 heteroatoms. The fraction of sp³-hybridized carbons (Fsp3) is 0.250. The zero-order valence-electron chi connectivity index (χ0n) is 13.8. The van der Waals surface area contributed by atoms with Gasteiger partial charge in [0.25, 0.3) is 0 Å². The smallest absolute Gasteiger partial charge is 0.224 e. The van der Waals surface area contributed by atoms with Gasteiger partial charge in [0.05, 0.1) is 14.9 Å². The topological polar surface area (TPSA) is 71.5 Å². The van der Waals surface area contributed by atoms with E-state index in [1.165, 1.54) is 31.3 Å². The van der Waals surface area contributed by atoms with Gasteiger partial charge in [0.15, 0.2) is 9.84 Å². The Morgan fingerprint density at radius 3 is 1.84 bits per heavy atom. The van der Waals surface area contributed by atoms with Crippen LogP contribution in [0.2, 0.25) is 10.0 Å². The van der Waals surface area contributed by atoms with Crippen LogP contribution in [0.15, 0.2) is 52.3 Å². The molecule has 0 heterocycles. The van der Waals surface area contributed by atoms with Gasteiger partial charge in [-0.15, -0.1) is 0 Å². The lowest BCUT2D eigenvalue weighted by molar-refractivity contribution is 0.398. The van der Waals surface area contributed by atoms with Crippen molar-refractivity contribution >= 4 is 43.1 Å². The van der Waals surface area contributed by atoms with E-state index in [1.807, 2.05) is 0 Å². The highest BCUT2D eigenvalue weighted by atomic mass is 35.5. The minimum atomic E-state index is -3.94. The number of benzene rings is 2. The van der Waals surface area contributed by atoms with Crippen molar-refractivity contribution in [3.63, 3.8) is 0 Å². The Morgan fingerprint density at radius 1 is 0.920 bits per heavy atom. The molecule has 136 valence electrons. The van der Waals surface area contributed by atoms with Crippen LogP contribution in [0.5, 0.6) is 0 Å². The molecule has 0 saturated carbocycles. The van der Waals surface area contributed by atoms with Crippen LogP contribution >= 0.6 is 23.2 Å². The summed E-state index contributed by atoms with van der Waals surface area (Å²) in [7, 11) is -5.83. The molecule has 0 aliphatic rings. The largest absolute Gasteiger partial charge is 0.246 e. The van der Waals surface area contributed by atoms with Crippen molar-refractivity contribution < 1.29 is 16.8 Å². The molecule has 0 aliphatic heterocycles. The maximum absolute atomic E-state index is 12.9. The van der Waals surface area contributed by atoms with E-state index in [0.29, 0.717) is 5.56 Å². The van der Waals surface area contributed by atoms with E-state index in [0.717, 1.165) is 10.6 Å². The standard InChI is InChI=1S/C16H17Cl2NO4S2/c1-11(12-7-9-13(10-8-12)24(3,20)21)19(2)25(22,23)16-14(17)5-4-6-15(16)18/h4-11H,1-3H3/t11-/m1/s1. The molecule has 0 amide bonds. The van der Waals surface area contributed by atoms with E-state index in [4.69, 9.17) is 23.2 Å². The molecule has 0 radical (unpaired) electrons. The molecule has 2 aromatic carbocycles. The lowest BCUT2D eigenvalue weighted by atomic mass is 10.1. The maximum atomic E-state index is 12.9. The van der Waals surface area contributed by atoms with E-state index in [9.17, 15) is 16.8 Å². The average Bonchev–Trinajstić information content (AvgIpc) is 2.52. The summed E-state index contributed by atoms with van der Waals surface area (Å²) in [6.45, 7) is 1.69. The highest BCUT2D eigenvalue weighted by Crippen LogP contribution is 2.34. The van der Waals surface area contributed by atoms with E-state index in [2.05, 4.69) is 0 Å². The van der Waals surface area contributed by atoms with Gasteiger partial charge in [-0.25, -0.2) is 16.8 Å². The third-order valence-electron chi connectivity index (χ3n) is 3.89. The Balaban J connectivity index is 2.41. The number of halogens is 2. The molecule has 0 fully saturated rings. The Morgan fingerprint density at radius 2 is 1.40 bits per heavy atom. The first-order valence-corrected chi connectivity index (χ1v) is 11.3. The summed E-state index contributed by atoms with van der Waals surface area (Å²) >= 11 is 12.0. The van der Waals surface area contributed by atoms with Crippen LogP contribution in [0, 0.1) is 0 Å². The predicted molar refractivity (Wildman–Crippen MR) is 99.4 cm³/mol. The van der Waals surface area contributed by atoms with Crippen LogP contribution < -0.4 is 0 Å². The second-order valence-corrected chi connectivity index (χ2v) is 10.4. The van der Waals surface area contributed by atoms with Crippen molar-refractivity contribution in [3.8, 4) is 0 Å². The summed E-state index contributed by atoms with van der Waals surface area (Å²) in [4.78, 5) is 0.0172. The van der Waals surface area contributed by atoms with Gasteiger partial charge in [-0.05, 0) is 36.8 Å². The molecule has 0 aromatic heterocycles. The Bertz CT molecular complexity index is 967. The van der Waals surface area contributed by atoms with Gasteiger partial charge in [0.1, 0.15) is 4.90 Å². The van der Waals surface area contributed by atoms with Crippen LogP contribution in [0.1, 0.15) is 18.5 Å². The summed E-state index contributed by atoms with van der Waals surface area (Å²) in [6, 6.07) is 10.00. The van der Waals surface area contributed by atoms with Crippen LogP contribution in [0.25, 0.3) is 0 Å². The van der Waals surface area contributed by atoms with Gasteiger partial charge < -0.3 is 0 Å². The first-order valence-electron chi connectivity index (χ1n) is 7.18. The monoisotopic (exact) mass is 421 g/mol. The highest BCUT2D eigenvalue weighted by Gasteiger charge is 2.30. The molecule has 1 atom stereocenters. The fourth-order valence-electron chi connectivity index (χ4n) is 2.28. The van der Waals surface area contributed by atoms with Crippen LogP contribution in [0.4, 0.5) is 0 Å².